The molecule has 0 aliphatic carbocycles. The number of anilines is 1. The molecule has 2 aliphatic rings. The first-order valence-electron chi connectivity index (χ1n) is 8.98. The Hall–Kier alpha value is -2.38. The van der Waals surface area contributed by atoms with Crippen LogP contribution in [-0.2, 0) is 0 Å². The SMILES string of the molecule is CN1CCC(Nc2nc3cc(C4=NN=NC4)ccc3c3sccc23)CC1. The first kappa shape index (κ1) is 15.8. The predicted octanol–water partition coefficient (Wildman–Crippen LogP) is 4.13. The molecule has 26 heavy (non-hydrogen) atoms. The third-order valence-corrected chi connectivity index (χ3v) is 6.18. The van der Waals surface area contributed by atoms with Gasteiger partial charge in [-0.1, -0.05) is 12.1 Å². The molecule has 0 bridgehead atoms. The van der Waals surface area contributed by atoms with Gasteiger partial charge in [0.25, 0.3) is 0 Å². The van der Waals surface area contributed by atoms with Gasteiger partial charge in [-0.3, -0.25) is 0 Å². The number of hydrogen-bond donors (Lipinski definition) is 1. The van der Waals surface area contributed by atoms with Crippen LogP contribution in [0.4, 0.5) is 5.82 Å². The van der Waals surface area contributed by atoms with Crippen LogP contribution in [-0.4, -0.2) is 48.3 Å². The van der Waals surface area contributed by atoms with E-state index < -0.39 is 0 Å². The molecule has 1 aromatic carbocycles. The van der Waals surface area contributed by atoms with Gasteiger partial charge >= 0.3 is 0 Å². The van der Waals surface area contributed by atoms with Gasteiger partial charge in [0.2, 0.25) is 0 Å². The largest absolute Gasteiger partial charge is 0.367 e. The third kappa shape index (κ3) is 2.77. The van der Waals surface area contributed by atoms with Crippen molar-refractivity contribution in [3.63, 3.8) is 0 Å². The first-order valence-corrected chi connectivity index (χ1v) is 9.85. The average Bonchev–Trinajstić information content (AvgIpc) is 3.35. The van der Waals surface area contributed by atoms with Crippen LogP contribution in [0, 0.1) is 0 Å². The lowest BCUT2D eigenvalue weighted by molar-refractivity contribution is 0.264. The minimum atomic E-state index is 0.485. The fourth-order valence-electron chi connectivity index (χ4n) is 3.70. The van der Waals surface area contributed by atoms with Crippen LogP contribution < -0.4 is 5.32 Å². The zero-order valence-electron chi connectivity index (χ0n) is 14.6. The molecular weight excluding hydrogens is 344 g/mol. The van der Waals surface area contributed by atoms with Crippen molar-refractivity contribution in [2.24, 2.45) is 15.4 Å². The molecule has 0 spiro atoms. The molecule has 132 valence electrons. The molecule has 5 rings (SSSR count). The number of hydrogen-bond acceptors (Lipinski definition) is 7. The van der Waals surface area contributed by atoms with Crippen molar-refractivity contribution in [1.29, 1.82) is 0 Å². The maximum atomic E-state index is 4.99. The third-order valence-electron chi connectivity index (χ3n) is 5.24. The van der Waals surface area contributed by atoms with Crippen LogP contribution in [0.25, 0.3) is 21.0 Å². The summed E-state index contributed by atoms with van der Waals surface area (Å²) in [7, 11) is 2.19. The summed E-state index contributed by atoms with van der Waals surface area (Å²) in [5.41, 5.74) is 2.96. The first-order chi connectivity index (χ1) is 12.8. The average molecular weight is 364 g/mol. The van der Waals surface area contributed by atoms with Crippen molar-refractivity contribution >= 4 is 43.9 Å². The number of rotatable bonds is 3. The molecule has 3 aromatic rings. The monoisotopic (exact) mass is 364 g/mol. The maximum Gasteiger partial charge on any atom is 0.135 e. The van der Waals surface area contributed by atoms with E-state index >= 15 is 0 Å². The van der Waals surface area contributed by atoms with Crippen molar-refractivity contribution in [2.45, 2.75) is 18.9 Å². The van der Waals surface area contributed by atoms with E-state index in [4.69, 9.17) is 4.98 Å². The van der Waals surface area contributed by atoms with Gasteiger partial charge in [-0.15, -0.1) is 16.4 Å². The summed E-state index contributed by atoms with van der Waals surface area (Å²) in [6, 6.07) is 9.03. The number of piperidine rings is 1. The van der Waals surface area contributed by atoms with Crippen molar-refractivity contribution in [2.75, 3.05) is 32.0 Å². The minimum Gasteiger partial charge on any atom is -0.367 e. The summed E-state index contributed by atoms with van der Waals surface area (Å²) < 4.78 is 1.29. The molecule has 1 N–H and O–H groups in total. The van der Waals surface area contributed by atoms with Crippen LogP contribution in [0.2, 0.25) is 0 Å². The van der Waals surface area contributed by atoms with Crippen molar-refractivity contribution in [3.8, 4) is 0 Å². The van der Waals surface area contributed by atoms with Crippen LogP contribution >= 0.6 is 11.3 Å². The summed E-state index contributed by atoms with van der Waals surface area (Å²) in [6.45, 7) is 2.82. The highest BCUT2D eigenvalue weighted by Crippen LogP contribution is 2.34. The minimum absolute atomic E-state index is 0.485. The number of likely N-dealkylation sites (tertiary alicyclic amines) is 1. The van der Waals surface area contributed by atoms with Gasteiger partial charge in [-0.05, 0) is 55.7 Å². The molecule has 4 heterocycles. The molecule has 7 heteroatoms. The second kappa shape index (κ2) is 6.41. The Bertz CT molecular complexity index is 1030. The standard InChI is InChI=1S/C19H20N6S/c1-25-7-4-13(5-8-25)21-19-15-6-9-26-18(15)14-3-2-12(10-16(14)22-19)17-11-20-24-23-17/h2-3,6,9-10,13H,4-5,7-8,11H2,1H3,(H,21,22). The number of fused-ring (bicyclic) bond motifs is 3. The van der Waals surface area contributed by atoms with E-state index in [0.29, 0.717) is 12.6 Å². The van der Waals surface area contributed by atoms with Gasteiger partial charge in [0.05, 0.1) is 11.2 Å². The van der Waals surface area contributed by atoms with E-state index in [1.54, 1.807) is 11.3 Å². The molecule has 2 aliphatic heterocycles. The molecule has 1 fully saturated rings. The summed E-state index contributed by atoms with van der Waals surface area (Å²) >= 11 is 1.78. The topological polar surface area (TPSA) is 65.2 Å². The Balaban J connectivity index is 1.56. The molecule has 0 saturated carbocycles. The van der Waals surface area contributed by atoms with Gasteiger partial charge < -0.3 is 10.2 Å². The molecule has 0 radical (unpaired) electrons. The van der Waals surface area contributed by atoms with Gasteiger partial charge in [0.1, 0.15) is 12.4 Å². The maximum absolute atomic E-state index is 4.99. The second-order valence-electron chi connectivity index (χ2n) is 7.01. The van der Waals surface area contributed by atoms with E-state index in [2.05, 4.69) is 62.3 Å². The highest BCUT2D eigenvalue weighted by Gasteiger charge is 2.19. The zero-order chi connectivity index (χ0) is 17.5. The van der Waals surface area contributed by atoms with Gasteiger partial charge in [-0.2, -0.15) is 5.11 Å². The Kier molecular flexibility index (Phi) is 3.90. The van der Waals surface area contributed by atoms with Gasteiger partial charge in [-0.25, -0.2) is 4.98 Å². The fraction of sp³-hybridized carbons (Fsp3) is 0.368. The summed E-state index contributed by atoms with van der Waals surface area (Å²) in [5, 5.41) is 20.1. The van der Waals surface area contributed by atoms with Crippen LogP contribution in [0.1, 0.15) is 18.4 Å². The van der Waals surface area contributed by atoms with Crippen molar-refractivity contribution < 1.29 is 0 Å². The van der Waals surface area contributed by atoms with E-state index in [9.17, 15) is 0 Å². The highest BCUT2D eigenvalue weighted by atomic mass is 32.1. The van der Waals surface area contributed by atoms with Gasteiger partial charge in [0, 0.05) is 27.1 Å². The quantitative estimate of drug-likeness (QED) is 0.760. The Morgan fingerprint density at radius 2 is 2.04 bits per heavy atom. The lowest BCUT2D eigenvalue weighted by Crippen LogP contribution is -2.36. The van der Waals surface area contributed by atoms with Crippen molar-refractivity contribution in [3.05, 3.63) is 35.2 Å². The van der Waals surface area contributed by atoms with Gasteiger partial charge in [0.15, 0.2) is 0 Å². The number of thiophene rings is 1. The Labute approximate surface area is 155 Å². The molecule has 6 nitrogen and oxygen atoms in total. The predicted molar refractivity (Wildman–Crippen MR) is 108 cm³/mol. The Morgan fingerprint density at radius 1 is 1.15 bits per heavy atom. The lowest BCUT2D eigenvalue weighted by atomic mass is 10.0. The van der Waals surface area contributed by atoms with Crippen molar-refractivity contribution in [1.82, 2.24) is 9.88 Å². The van der Waals surface area contributed by atoms with Crippen LogP contribution in [0.5, 0.6) is 0 Å². The molecule has 0 amide bonds. The summed E-state index contributed by atoms with van der Waals surface area (Å²) in [5.74, 6) is 1.00. The summed E-state index contributed by atoms with van der Waals surface area (Å²) in [4.78, 5) is 7.37. The number of benzene rings is 1. The molecule has 0 atom stereocenters. The zero-order valence-corrected chi connectivity index (χ0v) is 15.5. The van der Waals surface area contributed by atoms with E-state index in [-0.39, 0.29) is 0 Å². The van der Waals surface area contributed by atoms with E-state index in [1.165, 1.54) is 15.5 Å². The second-order valence-corrected chi connectivity index (χ2v) is 7.93. The Morgan fingerprint density at radius 3 is 2.85 bits per heavy atom. The molecule has 1 saturated heterocycles. The van der Waals surface area contributed by atoms with E-state index in [1.807, 2.05) is 0 Å². The number of nitrogens with zero attached hydrogens (tertiary/aromatic N) is 5. The van der Waals surface area contributed by atoms with E-state index in [0.717, 1.165) is 48.5 Å². The summed E-state index contributed by atoms with van der Waals surface area (Å²) in [6.07, 6.45) is 2.31. The smallest absolute Gasteiger partial charge is 0.135 e. The highest BCUT2D eigenvalue weighted by molar-refractivity contribution is 7.18. The molecule has 0 unspecified atom stereocenters. The lowest BCUT2D eigenvalue weighted by Gasteiger charge is -2.30. The number of pyridine rings is 1. The number of nitrogens with one attached hydrogen (secondary N) is 1. The fourth-order valence-corrected chi connectivity index (χ4v) is 4.63. The molecular formula is C19H20N6S. The van der Waals surface area contributed by atoms with Crippen LogP contribution in [0.3, 0.4) is 0 Å². The normalized spacial score (nSPS) is 18.7. The number of aromatic nitrogens is 1. The van der Waals surface area contributed by atoms with Crippen LogP contribution in [0.15, 0.2) is 45.1 Å². The molecule has 2 aromatic heterocycles.